The van der Waals surface area contributed by atoms with E-state index < -0.39 is 5.97 Å². The van der Waals surface area contributed by atoms with Crippen LogP contribution in [0.2, 0.25) is 0 Å². The Morgan fingerprint density at radius 1 is 0.828 bits per heavy atom. The van der Waals surface area contributed by atoms with Gasteiger partial charge in [-0.15, -0.1) is 0 Å². The van der Waals surface area contributed by atoms with Crippen LogP contribution in [-0.4, -0.2) is 77.7 Å². The standard InChI is InChI=1S/C22H21N3O3.Na.H/c26-21(27)18-9-3-4-10-19(18)23-22(28)25-14-12-24(13-15-25)20-11-5-7-16-6-1-2-8-17(16)20;;/h1-11H,12-15H2,(H,23,28)(H,26,27);;. The van der Waals surface area contributed by atoms with E-state index in [0.29, 0.717) is 18.8 Å². The Labute approximate surface area is 191 Å². The summed E-state index contributed by atoms with van der Waals surface area (Å²) >= 11 is 0. The molecular formula is C22H22N3NaO3. The van der Waals surface area contributed by atoms with E-state index in [4.69, 9.17) is 0 Å². The predicted octanol–water partition coefficient (Wildman–Crippen LogP) is 3.24. The number of carbonyl (C=O) groups excluding carboxylic acids is 1. The van der Waals surface area contributed by atoms with Crippen LogP contribution in [0.3, 0.4) is 0 Å². The number of para-hydroxylation sites is 1. The summed E-state index contributed by atoms with van der Waals surface area (Å²) in [6, 6.07) is 20.7. The molecule has 7 heteroatoms. The van der Waals surface area contributed by atoms with Gasteiger partial charge in [0.25, 0.3) is 0 Å². The Morgan fingerprint density at radius 3 is 2.24 bits per heavy atom. The monoisotopic (exact) mass is 399 g/mol. The van der Waals surface area contributed by atoms with E-state index in [9.17, 15) is 14.7 Å². The zero-order valence-corrected chi connectivity index (χ0v) is 15.3. The quantitative estimate of drug-likeness (QED) is 0.664. The van der Waals surface area contributed by atoms with Gasteiger partial charge < -0.3 is 20.2 Å². The molecule has 4 rings (SSSR count). The summed E-state index contributed by atoms with van der Waals surface area (Å²) in [5, 5.41) is 14.4. The summed E-state index contributed by atoms with van der Waals surface area (Å²) in [6.07, 6.45) is 0. The molecule has 0 bridgehead atoms. The van der Waals surface area contributed by atoms with Gasteiger partial charge in [0, 0.05) is 37.3 Å². The maximum absolute atomic E-state index is 12.6. The number of urea groups is 1. The van der Waals surface area contributed by atoms with E-state index in [1.165, 1.54) is 22.5 Å². The van der Waals surface area contributed by atoms with Gasteiger partial charge in [-0.05, 0) is 23.6 Å². The summed E-state index contributed by atoms with van der Waals surface area (Å²) in [5.74, 6) is -1.06. The molecule has 6 nitrogen and oxygen atoms in total. The van der Waals surface area contributed by atoms with Crippen LogP contribution in [0.5, 0.6) is 0 Å². The van der Waals surface area contributed by atoms with Crippen molar-refractivity contribution in [2.75, 3.05) is 36.4 Å². The molecule has 0 radical (unpaired) electrons. The second-order valence-electron chi connectivity index (χ2n) is 6.75. The SMILES string of the molecule is O=C(O)c1ccccc1NC(=O)N1CCN(c2cccc3ccccc23)CC1.[NaH]. The third kappa shape index (κ3) is 4.56. The molecule has 144 valence electrons. The minimum absolute atomic E-state index is 0. The Morgan fingerprint density at radius 2 is 1.48 bits per heavy atom. The maximum atomic E-state index is 12.6. The van der Waals surface area contributed by atoms with Crippen molar-refractivity contribution in [2.24, 2.45) is 0 Å². The molecule has 1 fully saturated rings. The molecule has 0 aliphatic carbocycles. The topological polar surface area (TPSA) is 72.9 Å². The first-order valence-corrected chi connectivity index (χ1v) is 9.24. The second kappa shape index (κ2) is 9.31. The van der Waals surface area contributed by atoms with Crippen LogP contribution in [0.1, 0.15) is 10.4 Å². The number of benzene rings is 3. The number of aromatic carboxylic acids is 1. The van der Waals surface area contributed by atoms with Gasteiger partial charge in [0.05, 0.1) is 11.3 Å². The fourth-order valence-electron chi connectivity index (χ4n) is 3.61. The van der Waals surface area contributed by atoms with Crippen molar-refractivity contribution in [3.63, 3.8) is 0 Å². The molecule has 2 amide bonds. The molecule has 1 aliphatic rings. The van der Waals surface area contributed by atoms with Gasteiger partial charge in [-0.25, -0.2) is 9.59 Å². The predicted molar refractivity (Wildman–Crippen MR) is 117 cm³/mol. The number of piperazine rings is 1. The van der Waals surface area contributed by atoms with E-state index in [1.807, 2.05) is 12.1 Å². The first-order chi connectivity index (χ1) is 13.6. The number of rotatable bonds is 3. The van der Waals surface area contributed by atoms with Gasteiger partial charge in [0.15, 0.2) is 0 Å². The number of carbonyl (C=O) groups is 2. The number of amides is 2. The number of hydrogen-bond acceptors (Lipinski definition) is 3. The van der Waals surface area contributed by atoms with E-state index in [1.54, 1.807) is 23.1 Å². The average molecular weight is 399 g/mol. The third-order valence-corrected chi connectivity index (χ3v) is 5.07. The van der Waals surface area contributed by atoms with Crippen molar-refractivity contribution >= 4 is 63.7 Å². The first-order valence-electron chi connectivity index (χ1n) is 9.24. The van der Waals surface area contributed by atoms with Crippen LogP contribution >= 0.6 is 0 Å². The zero-order chi connectivity index (χ0) is 19.5. The van der Waals surface area contributed by atoms with Crippen LogP contribution in [-0.2, 0) is 0 Å². The molecule has 1 heterocycles. The average Bonchev–Trinajstić information content (AvgIpc) is 2.73. The molecule has 0 spiro atoms. The second-order valence-corrected chi connectivity index (χ2v) is 6.75. The van der Waals surface area contributed by atoms with Crippen molar-refractivity contribution < 1.29 is 14.7 Å². The van der Waals surface area contributed by atoms with Gasteiger partial charge >= 0.3 is 41.6 Å². The first kappa shape index (κ1) is 21.2. The number of carboxylic acids is 1. The van der Waals surface area contributed by atoms with Crippen molar-refractivity contribution in [2.45, 2.75) is 0 Å². The third-order valence-electron chi connectivity index (χ3n) is 5.07. The Balaban J connectivity index is 0.00000240. The number of hydrogen-bond donors (Lipinski definition) is 2. The molecule has 2 N–H and O–H groups in total. The minimum atomic E-state index is -1.06. The number of fused-ring (bicyclic) bond motifs is 1. The van der Waals surface area contributed by atoms with E-state index in [2.05, 4.69) is 40.5 Å². The van der Waals surface area contributed by atoms with Gasteiger partial charge in [-0.1, -0.05) is 48.5 Å². The molecule has 0 atom stereocenters. The Hall–Kier alpha value is -2.54. The van der Waals surface area contributed by atoms with Gasteiger partial charge in [-0.3, -0.25) is 0 Å². The molecule has 29 heavy (non-hydrogen) atoms. The van der Waals surface area contributed by atoms with Crippen LogP contribution in [0.15, 0.2) is 66.7 Å². The normalized spacial score (nSPS) is 13.7. The molecule has 0 unspecified atom stereocenters. The Kier molecular flexibility index (Phi) is 6.79. The number of nitrogens with zero attached hydrogens (tertiary/aromatic N) is 2. The summed E-state index contributed by atoms with van der Waals surface area (Å²) in [5.41, 5.74) is 1.58. The van der Waals surface area contributed by atoms with Crippen molar-refractivity contribution in [3.05, 3.63) is 72.3 Å². The van der Waals surface area contributed by atoms with Crippen molar-refractivity contribution in [3.8, 4) is 0 Å². The fraction of sp³-hybridized carbons (Fsp3) is 0.182. The molecular weight excluding hydrogens is 377 g/mol. The van der Waals surface area contributed by atoms with Crippen molar-refractivity contribution in [1.29, 1.82) is 0 Å². The molecule has 1 saturated heterocycles. The van der Waals surface area contributed by atoms with Crippen LogP contribution in [0, 0.1) is 0 Å². The molecule has 0 aromatic heterocycles. The fourth-order valence-corrected chi connectivity index (χ4v) is 3.61. The van der Waals surface area contributed by atoms with Crippen LogP contribution in [0.4, 0.5) is 16.2 Å². The van der Waals surface area contributed by atoms with Gasteiger partial charge in [0.2, 0.25) is 0 Å². The number of carboxylic acid groups (broad SMARTS) is 1. The summed E-state index contributed by atoms with van der Waals surface area (Å²) in [6.45, 7) is 2.60. The summed E-state index contributed by atoms with van der Waals surface area (Å²) in [7, 11) is 0. The van der Waals surface area contributed by atoms with E-state index in [-0.39, 0.29) is 41.2 Å². The van der Waals surface area contributed by atoms with Gasteiger partial charge in [0.1, 0.15) is 0 Å². The van der Waals surface area contributed by atoms with E-state index in [0.717, 1.165) is 13.1 Å². The summed E-state index contributed by atoms with van der Waals surface area (Å²) in [4.78, 5) is 27.9. The van der Waals surface area contributed by atoms with Crippen LogP contribution < -0.4 is 10.2 Å². The molecule has 3 aromatic carbocycles. The zero-order valence-electron chi connectivity index (χ0n) is 15.3. The van der Waals surface area contributed by atoms with E-state index >= 15 is 0 Å². The number of nitrogens with one attached hydrogen (secondary N) is 1. The summed E-state index contributed by atoms with van der Waals surface area (Å²) < 4.78 is 0. The van der Waals surface area contributed by atoms with Gasteiger partial charge in [-0.2, -0.15) is 0 Å². The van der Waals surface area contributed by atoms with Crippen molar-refractivity contribution in [1.82, 2.24) is 4.90 Å². The number of anilines is 2. The van der Waals surface area contributed by atoms with Crippen LogP contribution in [0.25, 0.3) is 10.8 Å². The molecule has 0 saturated carbocycles. The Bertz CT molecular complexity index is 1030. The molecule has 1 aliphatic heterocycles. The molecule has 3 aromatic rings.